The number of likely N-dealkylation sites (tertiary alicyclic amines) is 1. The molecule has 5 heteroatoms. The first-order valence-corrected chi connectivity index (χ1v) is 11.9. The Balaban J connectivity index is 1.66. The summed E-state index contributed by atoms with van der Waals surface area (Å²) in [6.07, 6.45) is 1.59. The number of carbonyl (C=O) groups excluding carboxylic acids is 1. The fraction of sp³-hybridized carbons (Fsp3) is 0.259. The average molecular weight is 446 g/mol. The van der Waals surface area contributed by atoms with Crippen molar-refractivity contribution >= 4 is 23.6 Å². The highest BCUT2D eigenvalue weighted by atomic mass is 32.2. The number of hydrogen-bond acceptors (Lipinski definition) is 3. The van der Waals surface area contributed by atoms with Crippen LogP contribution in [0.25, 0.3) is 0 Å². The maximum atomic E-state index is 12.9. The maximum absolute atomic E-state index is 12.9. The van der Waals surface area contributed by atoms with Crippen molar-refractivity contribution in [1.82, 2.24) is 4.90 Å². The van der Waals surface area contributed by atoms with Crippen LogP contribution in [0.3, 0.4) is 0 Å². The van der Waals surface area contributed by atoms with Gasteiger partial charge in [0.05, 0.1) is 4.75 Å². The zero-order chi connectivity index (χ0) is 22.4. The lowest BCUT2D eigenvalue weighted by molar-refractivity contribution is -0.148. The van der Waals surface area contributed by atoms with Gasteiger partial charge in [-0.05, 0) is 29.5 Å². The van der Waals surface area contributed by atoms with Gasteiger partial charge in [0.25, 0.3) is 0 Å². The van der Waals surface area contributed by atoms with Gasteiger partial charge in [-0.1, -0.05) is 91.0 Å². The molecule has 0 bridgehead atoms. The molecule has 1 aliphatic rings. The van der Waals surface area contributed by atoms with Crippen LogP contribution < -0.4 is 0 Å². The van der Waals surface area contributed by atoms with Crippen molar-refractivity contribution in [3.8, 4) is 0 Å². The lowest BCUT2D eigenvalue weighted by atomic mass is 9.84. The highest BCUT2D eigenvalue weighted by Gasteiger charge is 2.38. The summed E-state index contributed by atoms with van der Waals surface area (Å²) >= 11 is 1.73. The summed E-state index contributed by atoms with van der Waals surface area (Å²) in [4.78, 5) is 26.0. The number of aliphatic carboxylic acids is 1. The van der Waals surface area contributed by atoms with E-state index in [4.69, 9.17) is 0 Å². The number of hydrogen-bond donors (Lipinski definition) is 1. The topological polar surface area (TPSA) is 57.6 Å². The van der Waals surface area contributed by atoms with Crippen LogP contribution in [0.1, 0.15) is 36.0 Å². The van der Waals surface area contributed by atoms with E-state index in [-0.39, 0.29) is 5.91 Å². The molecule has 0 spiro atoms. The van der Waals surface area contributed by atoms with Crippen molar-refractivity contribution in [1.29, 1.82) is 0 Å². The van der Waals surface area contributed by atoms with Gasteiger partial charge in [0, 0.05) is 18.7 Å². The number of amides is 1. The molecule has 1 N–H and O–H groups in total. The van der Waals surface area contributed by atoms with E-state index in [2.05, 4.69) is 36.4 Å². The van der Waals surface area contributed by atoms with Gasteiger partial charge < -0.3 is 10.0 Å². The van der Waals surface area contributed by atoms with Crippen LogP contribution in [0.2, 0.25) is 0 Å². The van der Waals surface area contributed by atoms with Crippen molar-refractivity contribution in [2.24, 2.45) is 0 Å². The number of benzene rings is 3. The number of rotatable bonds is 8. The Morgan fingerprint density at radius 3 is 1.75 bits per heavy atom. The van der Waals surface area contributed by atoms with Crippen molar-refractivity contribution < 1.29 is 14.7 Å². The van der Waals surface area contributed by atoms with Gasteiger partial charge in [0.2, 0.25) is 5.91 Å². The Bertz CT molecular complexity index is 944. The minimum absolute atomic E-state index is 0.0783. The Morgan fingerprint density at radius 2 is 1.31 bits per heavy atom. The van der Waals surface area contributed by atoms with Gasteiger partial charge in [-0.25, -0.2) is 4.79 Å². The highest BCUT2D eigenvalue weighted by Crippen LogP contribution is 2.48. The zero-order valence-corrected chi connectivity index (χ0v) is 18.7. The number of thioether (sulfide) groups is 1. The molecule has 4 rings (SSSR count). The van der Waals surface area contributed by atoms with Crippen LogP contribution in [0.15, 0.2) is 91.0 Å². The van der Waals surface area contributed by atoms with E-state index in [1.165, 1.54) is 4.90 Å². The molecule has 1 aliphatic heterocycles. The number of nitrogens with zero attached hydrogens (tertiary/aromatic N) is 1. The molecule has 32 heavy (non-hydrogen) atoms. The van der Waals surface area contributed by atoms with Crippen molar-refractivity contribution in [2.45, 2.75) is 30.1 Å². The largest absolute Gasteiger partial charge is 0.480 e. The first-order chi connectivity index (χ1) is 15.6. The first kappa shape index (κ1) is 22.2. The van der Waals surface area contributed by atoms with Gasteiger partial charge in [-0.2, -0.15) is 0 Å². The second kappa shape index (κ2) is 10.0. The summed E-state index contributed by atoms with van der Waals surface area (Å²) in [6.45, 7) is 0.529. The first-order valence-electron chi connectivity index (χ1n) is 11.0. The third-order valence-corrected chi connectivity index (χ3v) is 7.58. The van der Waals surface area contributed by atoms with Crippen LogP contribution in [0.5, 0.6) is 0 Å². The third kappa shape index (κ3) is 4.44. The van der Waals surface area contributed by atoms with Gasteiger partial charge >= 0.3 is 5.97 Å². The molecule has 1 atom stereocenters. The van der Waals surface area contributed by atoms with E-state index in [0.29, 0.717) is 25.1 Å². The lowest BCUT2D eigenvalue weighted by Crippen LogP contribution is -2.40. The second-order valence-electron chi connectivity index (χ2n) is 7.96. The third-order valence-electron chi connectivity index (χ3n) is 6.03. The molecule has 3 aromatic carbocycles. The molecule has 164 valence electrons. The smallest absolute Gasteiger partial charge is 0.326 e. The molecule has 0 unspecified atom stereocenters. The standard InChI is InChI=1S/C27H27NO3S/c29-25(28-19-10-17-24(28)26(30)31)18-20-32-27(21-11-4-1-5-12-21,22-13-6-2-7-14-22)23-15-8-3-9-16-23/h1-9,11-16,24H,10,17-20H2,(H,30,31)/t24-/m0/s1. The van der Waals surface area contributed by atoms with Gasteiger partial charge in [-0.15, -0.1) is 11.8 Å². The molecule has 1 amide bonds. The number of carboxylic acids is 1. The van der Waals surface area contributed by atoms with E-state index in [0.717, 1.165) is 23.1 Å². The Morgan fingerprint density at radius 1 is 0.844 bits per heavy atom. The lowest BCUT2D eigenvalue weighted by Gasteiger charge is -2.35. The molecule has 1 heterocycles. The molecule has 0 aliphatic carbocycles. The van der Waals surface area contributed by atoms with Crippen LogP contribution in [0.4, 0.5) is 0 Å². The molecular formula is C27H27NO3S. The SMILES string of the molecule is O=C(O)[C@@H]1CCCN1C(=O)CCSC(c1ccccc1)(c1ccccc1)c1ccccc1. The van der Waals surface area contributed by atoms with E-state index in [1.807, 2.05) is 54.6 Å². The normalized spacial score (nSPS) is 16.1. The van der Waals surface area contributed by atoms with Gasteiger partial charge in [-0.3, -0.25) is 4.79 Å². The van der Waals surface area contributed by atoms with Crippen molar-refractivity contribution in [3.63, 3.8) is 0 Å². The van der Waals surface area contributed by atoms with Gasteiger partial charge in [0.1, 0.15) is 6.04 Å². The minimum atomic E-state index is -0.907. The molecule has 0 aromatic heterocycles. The molecular weight excluding hydrogens is 418 g/mol. The fourth-order valence-corrected chi connectivity index (χ4v) is 6.02. The van der Waals surface area contributed by atoms with E-state index in [1.54, 1.807) is 11.8 Å². The predicted octanol–water partition coefficient (Wildman–Crippen LogP) is 5.18. The van der Waals surface area contributed by atoms with Crippen LogP contribution in [-0.4, -0.2) is 40.2 Å². The van der Waals surface area contributed by atoms with Crippen LogP contribution in [-0.2, 0) is 14.3 Å². The van der Waals surface area contributed by atoms with Crippen LogP contribution >= 0.6 is 11.8 Å². The summed E-state index contributed by atoms with van der Waals surface area (Å²) in [7, 11) is 0. The molecule has 4 nitrogen and oxygen atoms in total. The molecule has 1 fully saturated rings. The minimum Gasteiger partial charge on any atom is -0.480 e. The Hall–Kier alpha value is -3.05. The Labute approximate surface area is 193 Å². The quantitative estimate of drug-likeness (QED) is 0.486. The number of carbonyl (C=O) groups is 2. The average Bonchev–Trinajstić information content (AvgIpc) is 3.34. The predicted molar refractivity (Wildman–Crippen MR) is 129 cm³/mol. The molecule has 0 saturated carbocycles. The maximum Gasteiger partial charge on any atom is 0.326 e. The summed E-state index contributed by atoms with van der Waals surface area (Å²) in [5.41, 5.74) is 3.46. The molecule has 3 aromatic rings. The van der Waals surface area contributed by atoms with Crippen molar-refractivity contribution in [2.75, 3.05) is 12.3 Å². The molecule has 0 radical (unpaired) electrons. The molecule has 1 saturated heterocycles. The van der Waals surface area contributed by atoms with Crippen molar-refractivity contribution in [3.05, 3.63) is 108 Å². The zero-order valence-electron chi connectivity index (χ0n) is 17.9. The second-order valence-corrected chi connectivity index (χ2v) is 9.27. The van der Waals surface area contributed by atoms with Crippen LogP contribution in [0, 0.1) is 0 Å². The Kier molecular flexibility index (Phi) is 6.96. The fourth-order valence-electron chi connectivity index (χ4n) is 4.53. The summed E-state index contributed by atoms with van der Waals surface area (Å²) in [5.74, 6) is -0.401. The van der Waals surface area contributed by atoms with E-state index >= 15 is 0 Å². The van der Waals surface area contributed by atoms with E-state index in [9.17, 15) is 14.7 Å². The monoisotopic (exact) mass is 445 g/mol. The summed E-state index contributed by atoms with van der Waals surface area (Å²) in [6, 6.07) is 30.4. The summed E-state index contributed by atoms with van der Waals surface area (Å²) in [5, 5.41) is 9.43. The highest BCUT2D eigenvalue weighted by molar-refractivity contribution is 8.00. The van der Waals surface area contributed by atoms with Gasteiger partial charge in [0.15, 0.2) is 0 Å². The van der Waals surface area contributed by atoms with E-state index < -0.39 is 16.8 Å². The number of carboxylic acid groups (broad SMARTS) is 1. The summed E-state index contributed by atoms with van der Waals surface area (Å²) < 4.78 is -0.471.